The summed E-state index contributed by atoms with van der Waals surface area (Å²) in [6, 6.07) is 0. The minimum absolute atomic E-state index is 0.125. The van der Waals surface area contributed by atoms with E-state index in [2.05, 4.69) is 25.7 Å². The van der Waals surface area contributed by atoms with Crippen LogP contribution in [0, 0.1) is 5.41 Å². The van der Waals surface area contributed by atoms with Gasteiger partial charge >= 0.3 is 5.97 Å². The second-order valence-electron chi connectivity index (χ2n) is 4.38. The second kappa shape index (κ2) is 4.45. The Morgan fingerprint density at radius 1 is 1.57 bits per heavy atom. The fourth-order valence-corrected chi connectivity index (χ4v) is 1.51. The van der Waals surface area contributed by atoms with Crippen LogP contribution in [0.25, 0.3) is 0 Å². The molecule has 0 N–H and O–H groups in total. The van der Waals surface area contributed by atoms with Gasteiger partial charge in [-0.3, -0.25) is 0 Å². The number of rotatable bonds is 3. The van der Waals surface area contributed by atoms with Crippen molar-refractivity contribution < 1.29 is 9.53 Å². The van der Waals surface area contributed by atoms with E-state index < -0.39 is 0 Å². The van der Waals surface area contributed by atoms with Crippen LogP contribution in [0.1, 0.15) is 33.1 Å². The van der Waals surface area contributed by atoms with Crippen molar-refractivity contribution in [2.24, 2.45) is 5.41 Å². The highest BCUT2D eigenvalue weighted by molar-refractivity contribution is 5.86. The highest BCUT2D eigenvalue weighted by Gasteiger charge is 2.26. The Morgan fingerprint density at radius 2 is 2.29 bits per heavy atom. The van der Waals surface area contributed by atoms with Gasteiger partial charge < -0.3 is 4.74 Å². The number of hydrogen-bond acceptors (Lipinski definition) is 2. The molecule has 1 aliphatic rings. The van der Waals surface area contributed by atoms with E-state index in [9.17, 15) is 4.79 Å². The van der Waals surface area contributed by atoms with Gasteiger partial charge in [0.1, 0.15) is 0 Å². The molecule has 0 aliphatic heterocycles. The lowest BCUT2D eigenvalue weighted by Gasteiger charge is -2.29. The summed E-state index contributed by atoms with van der Waals surface area (Å²) in [4.78, 5) is 11.2. The third-order valence-corrected chi connectivity index (χ3v) is 2.59. The summed E-state index contributed by atoms with van der Waals surface area (Å²) >= 11 is 0. The van der Waals surface area contributed by atoms with E-state index in [4.69, 9.17) is 4.74 Å². The largest absolute Gasteiger partial charge is 0.462 e. The molecule has 78 valence electrons. The van der Waals surface area contributed by atoms with Crippen LogP contribution < -0.4 is 0 Å². The predicted octanol–water partition coefficient (Wildman–Crippen LogP) is 2.85. The summed E-state index contributed by atoms with van der Waals surface area (Å²) in [5.74, 6) is -0.277. The van der Waals surface area contributed by atoms with E-state index in [1.165, 1.54) is 0 Å². The SMILES string of the molecule is C=C(C)C(=O)OCC1(C)CC=CCC1. The van der Waals surface area contributed by atoms with Gasteiger partial charge in [-0.25, -0.2) is 4.79 Å². The Morgan fingerprint density at radius 3 is 2.79 bits per heavy atom. The van der Waals surface area contributed by atoms with Crippen molar-refractivity contribution in [3.63, 3.8) is 0 Å². The molecule has 1 rings (SSSR count). The first-order chi connectivity index (χ1) is 6.53. The van der Waals surface area contributed by atoms with Crippen LogP contribution in [0.4, 0.5) is 0 Å². The maximum Gasteiger partial charge on any atom is 0.333 e. The van der Waals surface area contributed by atoms with Crippen LogP contribution >= 0.6 is 0 Å². The summed E-state index contributed by atoms with van der Waals surface area (Å²) < 4.78 is 5.17. The van der Waals surface area contributed by atoms with Gasteiger partial charge in [0.15, 0.2) is 0 Å². The molecule has 0 bridgehead atoms. The molecule has 1 unspecified atom stereocenters. The highest BCUT2D eigenvalue weighted by Crippen LogP contribution is 2.32. The van der Waals surface area contributed by atoms with E-state index in [1.54, 1.807) is 6.92 Å². The molecule has 2 nitrogen and oxygen atoms in total. The lowest BCUT2D eigenvalue weighted by atomic mass is 9.80. The molecule has 0 fully saturated rings. The smallest absolute Gasteiger partial charge is 0.333 e. The van der Waals surface area contributed by atoms with Crippen molar-refractivity contribution >= 4 is 5.97 Å². The summed E-state index contributed by atoms with van der Waals surface area (Å²) in [5, 5.41) is 0. The van der Waals surface area contributed by atoms with Gasteiger partial charge in [-0.15, -0.1) is 0 Å². The Labute approximate surface area is 85.6 Å². The number of hydrogen-bond donors (Lipinski definition) is 0. The number of ether oxygens (including phenoxy) is 1. The molecule has 0 aromatic heterocycles. The molecular weight excluding hydrogens is 176 g/mol. The fourth-order valence-electron chi connectivity index (χ4n) is 1.51. The van der Waals surface area contributed by atoms with Crippen LogP contribution in [0.5, 0.6) is 0 Å². The molecule has 2 heteroatoms. The van der Waals surface area contributed by atoms with Gasteiger partial charge in [-0.05, 0) is 26.2 Å². The highest BCUT2D eigenvalue weighted by atomic mass is 16.5. The van der Waals surface area contributed by atoms with Crippen molar-refractivity contribution in [1.29, 1.82) is 0 Å². The minimum Gasteiger partial charge on any atom is -0.462 e. The zero-order valence-corrected chi connectivity index (χ0v) is 9.01. The molecular formula is C12H18O2. The monoisotopic (exact) mass is 194 g/mol. The minimum atomic E-state index is -0.277. The number of carbonyl (C=O) groups excluding carboxylic acids is 1. The Balaban J connectivity index is 2.40. The van der Waals surface area contributed by atoms with E-state index in [1.807, 2.05) is 0 Å². The molecule has 0 heterocycles. The first-order valence-electron chi connectivity index (χ1n) is 5.01. The van der Waals surface area contributed by atoms with Gasteiger partial charge in [0.25, 0.3) is 0 Å². The molecule has 0 saturated heterocycles. The molecule has 0 saturated carbocycles. The molecule has 0 aromatic carbocycles. The first-order valence-corrected chi connectivity index (χ1v) is 5.01. The zero-order chi connectivity index (χ0) is 10.6. The van der Waals surface area contributed by atoms with Gasteiger partial charge in [0.2, 0.25) is 0 Å². The average Bonchev–Trinajstić information content (AvgIpc) is 2.15. The third kappa shape index (κ3) is 3.02. The van der Waals surface area contributed by atoms with Crippen LogP contribution in [0.15, 0.2) is 24.3 Å². The topological polar surface area (TPSA) is 26.3 Å². The van der Waals surface area contributed by atoms with Crippen LogP contribution in [0.3, 0.4) is 0 Å². The lowest BCUT2D eigenvalue weighted by molar-refractivity contribution is -0.142. The van der Waals surface area contributed by atoms with Crippen molar-refractivity contribution in [1.82, 2.24) is 0 Å². The van der Waals surface area contributed by atoms with E-state index in [-0.39, 0.29) is 11.4 Å². The van der Waals surface area contributed by atoms with Crippen molar-refractivity contribution in [2.75, 3.05) is 6.61 Å². The summed E-state index contributed by atoms with van der Waals surface area (Å²) in [6.07, 6.45) is 7.52. The van der Waals surface area contributed by atoms with Crippen LogP contribution in [-0.4, -0.2) is 12.6 Å². The number of allylic oxidation sites excluding steroid dienone is 2. The van der Waals surface area contributed by atoms with Crippen molar-refractivity contribution in [3.8, 4) is 0 Å². The van der Waals surface area contributed by atoms with Crippen molar-refractivity contribution in [2.45, 2.75) is 33.1 Å². The maximum atomic E-state index is 11.2. The van der Waals surface area contributed by atoms with Gasteiger partial charge in [0.05, 0.1) is 6.61 Å². The van der Waals surface area contributed by atoms with Crippen LogP contribution in [0.2, 0.25) is 0 Å². The first kappa shape index (κ1) is 11.0. The third-order valence-electron chi connectivity index (χ3n) is 2.59. The Kier molecular flexibility index (Phi) is 3.50. The van der Waals surface area contributed by atoms with E-state index in [0.29, 0.717) is 12.2 Å². The normalized spacial score (nSPS) is 25.9. The lowest BCUT2D eigenvalue weighted by Crippen LogP contribution is -2.26. The number of carbonyl (C=O) groups is 1. The van der Waals surface area contributed by atoms with Crippen molar-refractivity contribution in [3.05, 3.63) is 24.3 Å². The zero-order valence-electron chi connectivity index (χ0n) is 9.01. The quantitative estimate of drug-likeness (QED) is 0.392. The van der Waals surface area contributed by atoms with E-state index in [0.717, 1.165) is 19.3 Å². The molecule has 14 heavy (non-hydrogen) atoms. The van der Waals surface area contributed by atoms with Gasteiger partial charge in [0, 0.05) is 11.0 Å². The standard InChI is InChI=1S/C12H18O2/c1-10(2)11(13)14-9-12(3)7-5-4-6-8-12/h4-5H,1,6-9H2,2-3H3. The molecule has 1 aliphatic carbocycles. The van der Waals surface area contributed by atoms with Crippen LogP contribution in [-0.2, 0) is 9.53 Å². The predicted molar refractivity (Wildman–Crippen MR) is 56.9 cm³/mol. The Hall–Kier alpha value is -1.05. The molecule has 1 atom stereocenters. The summed E-state index contributed by atoms with van der Waals surface area (Å²) in [5.41, 5.74) is 0.597. The summed E-state index contributed by atoms with van der Waals surface area (Å²) in [6.45, 7) is 7.88. The summed E-state index contributed by atoms with van der Waals surface area (Å²) in [7, 11) is 0. The molecule has 0 aromatic rings. The Bertz CT molecular complexity index is 265. The maximum absolute atomic E-state index is 11.2. The fraction of sp³-hybridized carbons (Fsp3) is 0.583. The van der Waals surface area contributed by atoms with E-state index >= 15 is 0 Å². The van der Waals surface area contributed by atoms with Gasteiger partial charge in [-0.2, -0.15) is 0 Å². The van der Waals surface area contributed by atoms with Gasteiger partial charge in [-0.1, -0.05) is 25.7 Å². The molecule has 0 radical (unpaired) electrons. The molecule has 0 spiro atoms. The second-order valence-corrected chi connectivity index (χ2v) is 4.38. The average molecular weight is 194 g/mol. The number of esters is 1. The molecule has 0 amide bonds.